The number of hydrogen-bond donors (Lipinski definition) is 1. The molecule has 0 fully saturated rings. The predicted molar refractivity (Wildman–Crippen MR) is 111 cm³/mol. The maximum atomic E-state index is 13.4. The van der Waals surface area contributed by atoms with Gasteiger partial charge >= 0.3 is 0 Å². The van der Waals surface area contributed by atoms with Gasteiger partial charge in [-0.05, 0) is 42.7 Å². The molecule has 0 aliphatic carbocycles. The van der Waals surface area contributed by atoms with E-state index >= 15 is 0 Å². The zero-order valence-corrected chi connectivity index (χ0v) is 16.6. The Morgan fingerprint density at radius 2 is 1.78 bits per heavy atom. The minimum Gasteiger partial charge on any atom is -0.338 e. The summed E-state index contributed by atoms with van der Waals surface area (Å²) in [5, 5.41) is 3.00. The first-order valence-corrected chi connectivity index (χ1v) is 10.1. The van der Waals surface area contributed by atoms with E-state index in [2.05, 4.69) is 38.2 Å². The second-order valence-electron chi connectivity index (χ2n) is 7.04. The first-order chi connectivity index (χ1) is 13.2. The number of fused-ring (bicyclic) bond motifs is 1. The zero-order valence-electron chi connectivity index (χ0n) is 16.6. The van der Waals surface area contributed by atoms with E-state index in [0.717, 1.165) is 36.4 Å². The van der Waals surface area contributed by atoms with Crippen molar-refractivity contribution in [2.75, 3.05) is 6.54 Å². The van der Waals surface area contributed by atoms with Crippen LogP contribution in [-0.4, -0.2) is 16.1 Å². The van der Waals surface area contributed by atoms with Crippen LogP contribution in [0, 0.1) is 0 Å². The zero-order chi connectivity index (χ0) is 19.2. The minimum absolute atomic E-state index is 0.0159. The third-order valence-corrected chi connectivity index (χ3v) is 5.18. The molecule has 3 aromatic rings. The second kappa shape index (κ2) is 8.96. The molecule has 2 N–H and O–H groups in total. The van der Waals surface area contributed by atoms with E-state index in [4.69, 9.17) is 4.98 Å². The van der Waals surface area contributed by atoms with Crippen LogP contribution in [0.1, 0.15) is 57.5 Å². The van der Waals surface area contributed by atoms with Gasteiger partial charge in [-0.3, -0.25) is 9.36 Å². The quantitative estimate of drug-likeness (QED) is 0.619. The molecule has 0 aliphatic heterocycles. The number of nitrogens with zero attached hydrogens (tertiary/aromatic N) is 2. The van der Waals surface area contributed by atoms with Crippen molar-refractivity contribution >= 4 is 10.9 Å². The molecule has 0 spiro atoms. The summed E-state index contributed by atoms with van der Waals surface area (Å²) in [6.45, 7) is 7.56. The Hall–Kier alpha value is -2.46. The van der Waals surface area contributed by atoms with Crippen molar-refractivity contribution in [2.45, 2.75) is 52.5 Å². The highest BCUT2D eigenvalue weighted by atomic mass is 16.1. The van der Waals surface area contributed by atoms with Crippen molar-refractivity contribution in [3.05, 3.63) is 70.3 Å². The van der Waals surface area contributed by atoms with Crippen LogP contribution in [0.3, 0.4) is 0 Å². The Balaban J connectivity index is 2.18. The standard InChI is InChI=1S/C23H29N3O/c1-4-7-16-24-20(6-3)22-25-21-11-9-8-10-19(21)23(27)26(22)18-14-12-17(5-2)13-15-18/h8-15,20,24H,4-7,16H2,1-3H3/p+1/t20-/m1/s1. The molecule has 0 aliphatic rings. The van der Waals surface area contributed by atoms with Crippen LogP contribution < -0.4 is 10.9 Å². The highest BCUT2D eigenvalue weighted by Gasteiger charge is 2.22. The number of rotatable bonds is 8. The van der Waals surface area contributed by atoms with Gasteiger partial charge in [0, 0.05) is 6.42 Å². The number of aryl methyl sites for hydroxylation is 1. The molecule has 142 valence electrons. The van der Waals surface area contributed by atoms with E-state index < -0.39 is 0 Å². The average molecular weight is 365 g/mol. The Bertz CT molecular complexity index is 944. The first kappa shape index (κ1) is 19.3. The van der Waals surface area contributed by atoms with Gasteiger partial charge in [0.05, 0.1) is 23.1 Å². The van der Waals surface area contributed by atoms with Crippen molar-refractivity contribution in [3.63, 3.8) is 0 Å². The molecule has 0 amide bonds. The lowest BCUT2D eigenvalue weighted by Gasteiger charge is -2.19. The summed E-state index contributed by atoms with van der Waals surface area (Å²) < 4.78 is 1.82. The number of benzene rings is 2. The molecule has 1 atom stereocenters. The molecule has 0 saturated carbocycles. The van der Waals surface area contributed by atoms with E-state index in [0.29, 0.717) is 5.39 Å². The van der Waals surface area contributed by atoms with E-state index in [1.807, 2.05) is 41.0 Å². The smallest absolute Gasteiger partial charge is 0.266 e. The van der Waals surface area contributed by atoms with Crippen LogP contribution >= 0.6 is 0 Å². The monoisotopic (exact) mass is 364 g/mol. The van der Waals surface area contributed by atoms with Gasteiger partial charge in [-0.15, -0.1) is 0 Å². The van der Waals surface area contributed by atoms with E-state index in [-0.39, 0.29) is 11.6 Å². The number of aromatic nitrogens is 2. The fourth-order valence-electron chi connectivity index (χ4n) is 3.51. The maximum Gasteiger partial charge on any atom is 0.266 e. The van der Waals surface area contributed by atoms with Crippen LogP contribution in [0.5, 0.6) is 0 Å². The molecular weight excluding hydrogens is 334 g/mol. The van der Waals surface area contributed by atoms with Crippen molar-refractivity contribution in [1.82, 2.24) is 9.55 Å². The van der Waals surface area contributed by atoms with Gasteiger partial charge in [0.1, 0.15) is 6.04 Å². The molecule has 0 bridgehead atoms. The molecule has 3 rings (SSSR count). The Kier molecular flexibility index (Phi) is 6.40. The molecule has 0 saturated heterocycles. The topological polar surface area (TPSA) is 51.5 Å². The van der Waals surface area contributed by atoms with Gasteiger partial charge in [-0.2, -0.15) is 0 Å². The minimum atomic E-state index is 0.0159. The van der Waals surface area contributed by atoms with Crippen LogP contribution in [-0.2, 0) is 6.42 Å². The number of para-hydroxylation sites is 1. The van der Waals surface area contributed by atoms with Crippen molar-refractivity contribution in [3.8, 4) is 5.69 Å². The van der Waals surface area contributed by atoms with Gasteiger partial charge in [-0.1, -0.05) is 51.5 Å². The fourth-order valence-corrected chi connectivity index (χ4v) is 3.51. The number of nitrogens with two attached hydrogens (primary N) is 1. The molecule has 1 heterocycles. The molecule has 2 aromatic carbocycles. The lowest BCUT2D eigenvalue weighted by Crippen LogP contribution is -2.85. The summed E-state index contributed by atoms with van der Waals surface area (Å²) in [6.07, 6.45) is 4.25. The highest BCUT2D eigenvalue weighted by Crippen LogP contribution is 2.18. The van der Waals surface area contributed by atoms with Gasteiger partial charge in [0.2, 0.25) is 0 Å². The van der Waals surface area contributed by atoms with Gasteiger partial charge in [0.25, 0.3) is 5.56 Å². The maximum absolute atomic E-state index is 13.4. The summed E-state index contributed by atoms with van der Waals surface area (Å²) in [5.41, 5.74) is 2.96. The molecule has 27 heavy (non-hydrogen) atoms. The van der Waals surface area contributed by atoms with Gasteiger partial charge in [0.15, 0.2) is 5.82 Å². The Labute approximate surface area is 161 Å². The predicted octanol–water partition coefficient (Wildman–Crippen LogP) is 3.76. The van der Waals surface area contributed by atoms with E-state index in [1.165, 1.54) is 18.4 Å². The third-order valence-electron chi connectivity index (χ3n) is 5.18. The lowest BCUT2D eigenvalue weighted by molar-refractivity contribution is -0.697. The van der Waals surface area contributed by atoms with Crippen molar-refractivity contribution in [2.24, 2.45) is 0 Å². The van der Waals surface area contributed by atoms with E-state index in [1.54, 1.807) is 0 Å². The van der Waals surface area contributed by atoms with Crippen LogP contribution in [0.15, 0.2) is 53.3 Å². The Morgan fingerprint density at radius 3 is 2.44 bits per heavy atom. The molecule has 0 radical (unpaired) electrons. The summed E-state index contributed by atoms with van der Waals surface area (Å²) in [4.78, 5) is 18.3. The molecule has 0 unspecified atom stereocenters. The molecule has 1 aromatic heterocycles. The lowest BCUT2D eigenvalue weighted by atomic mass is 10.1. The summed E-state index contributed by atoms with van der Waals surface area (Å²) >= 11 is 0. The number of unbranched alkanes of at least 4 members (excludes halogenated alkanes) is 1. The molecule has 4 heteroatoms. The summed E-state index contributed by atoms with van der Waals surface area (Å²) in [6, 6.07) is 16.1. The average Bonchev–Trinajstić information content (AvgIpc) is 2.71. The van der Waals surface area contributed by atoms with Crippen LogP contribution in [0.25, 0.3) is 16.6 Å². The Morgan fingerprint density at radius 1 is 1.04 bits per heavy atom. The number of quaternary nitrogens is 1. The SMILES string of the molecule is CCCC[NH2+][C@H](CC)c1nc2ccccc2c(=O)n1-c1ccc(CC)cc1. The second-order valence-corrected chi connectivity index (χ2v) is 7.04. The van der Waals surface area contributed by atoms with Gasteiger partial charge < -0.3 is 5.32 Å². The summed E-state index contributed by atoms with van der Waals surface area (Å²) in [5.74, 6) is 0.849. The molecular formula is C23H30N3O+. The van der Waals surface area contributed by atoms with Crippen LogP contribution in [0.2, 0.25) is 0 Å². The van der Waals surface area contributed by atoms with E-state index in [9.17, 15) is 4.79 Å². The normalized spacial score (nSPS) is 12.4. The highest BCUT2D eigenvalue weighted by molar-refractivity contribution is 5.77. The van der Waals surface area contributed by atoms with Gasteiger partial charge in [-0.25, -0.2) is 4.98 Å². The third kappa shape index (κ3) is 4.11. The van der Waals surface area contributed by atoms with Crippen LogP contribution in [0.4, 0.5) is 0 Å². The largest absolute Gasteiger partial charge is 0.338 e. The number of hydrogen-bond acceptors (Lipinski definition) is 2. The van der Waals surface area contributed by atoms with Crippen molar-refractivity contribution < 1.29 is 5.32 Å². The van der Waals surface area contributed by atoms with Crippen molar-refractivity contribution in [1.29, 1.82) is 0 Å². The fraction of sp³-hybridized carbons (Fsp3) is 0.391. The summed E-state index contributed by atoms with van der Waals surface area (Å²) in [7, 11) is 0. The molecule has 4 nitrogen and oxygen atoms in total. The first-order valence-electron chi connectivity index (χ1n) is 10.1.